The molecule has 23 heavy (non-hydrogen) atoms. The SMILES string of the molecule is CCc1ccc(NC(=O)c2cc(Cn3cc(Cl)cn3)cs2)cc1. The first-order valence-electron chi connectivity index (χ1n) is 7.29. The number of thiophene rings is 1. The van der Waals surface area contributed by atoms with E-state index in [-0.39, 0.29) is 5.91 Å². The molecular weight excluding hydrogens is 330 g/mol. The van der Waals surface area contributed by atoms with Gasteiger partial charge < -0.3 is 5.32 Å². The molecule has 3 aromatic rings. The number of rotatable bonds is 5. The maximum atomic E-state index is 12.3. The topological polar surface area (TPSA) is 46.9 Å². The maximum Gasteiger partial charge on any atom is 0.265 e. The molecule has 0 aliphatic rings. The highest BCUT2D eigenvalue weighted by Crippen LogP contribution is 2.19. The van der Waals surface area contributed by atoms with Crippen LogP contribution in [0.2, 0.25) is 5.02 Å². The lowest BCUT2D eigenvalue weighted by atomic mass is 10.1. The second kappa shape index (κ2) is 6.98. The summed E-state index contributed by atoms with van der Waals surface area (Å²) >= 11 is 7.27. The van der Waals surface area contributed by atoms with Crippen molar-refractivity contribution in [1.29, 1.82) is 0 Å². The van der Waals surface area contributed by atoms with E-state index < -0.39 is 0 Å². The maximum absolute atomic E-state index is 12.3. The van der Waals surface area contributed by atoms with Crippen molar-refractivity contribution in [2.75, 3.05) is 5.32 Å². The lowest BCUT2D eigenvalue weighted by molar-refractivity contribution is 0.103. The van der Waals surface area contributed by atoms with E-state index in [1.165, 1.54) is 16.9 Å². The zero-order chi connectivity index (χ0) is 16.2. The van der Waals surface area contributed by atoms with E-state index in [1.54, 1.807) is 17.1 Å². The van der Waals surface area contributed by atoms with Crippen LogP contribution in [-0.4, -0.2) is 15.7 Å². The van der Waals surface area contributed by atoms with Gasteiger partial charge in [0.1, 0.15) is 0 Å². The van der Waals surface area contributed by atoms with E-state index in [2.05, 4.69) is 17.3 Å². The number of carbonyl (C=O) groups excluding carboxylic acids is 1. The summed E-state index contributed by atoms with van der Waals surface area (Å²) in [6.07, 6.45) is 4.34. The van der Waals surface area contributed by atoms with Gasteiger partial charge in [-0.15, -0.1) is 11.3 Å². The van der Waals surface area contributed by atoms with Crippen LogP contribution < -0.4 is 5.32 Å². The van der Waals surface area contributed by atoms with Crippen LogP contribution in [0.25, 0.3) is 0 Å². The monoisotopic (exact) mass is 345 g/mol. The van der Waals surface area contributed by atoms with Gasteiger partial charge in [0.25, 0.3) is 5.91 Å². The van der Waals surface area contributed by atoms with Crippen LogP contribution in [-0.2, 0) is 13.0 Å². The van der Waals surface area contributed by atoms with E-state index in [1.807, 2.05) is 35.7 Å². The summed E-state index contributed by atoms with van der Waals surface area (Å²) in [5.41, 5.74) is 3.08. The number of amides is 1. The molecule has 2 heterocycles. The Labute approximate surface area is 143 Å². The number of nitrogens with zero attached hydrogens (tertiary/aromatic N) is 2. The largest absolute Gasteiger partial charge is 0.321 e. The van der Waals surface area contributed by atoms with Gasteiger partial charge in [0.05, 0.1) is 22.6 Å². The minimum atomic E-state index is -0.0935. The molecule has 118 valence electrons. The van der Waals surface area contributed by atoms with Crippen molar-refractivity contribution < 1.29 is 4.79 Å². The Hall–Kier alpha value is -2.11. The van der Waals surface area contributed by atoms with Gasteiger partial charge in [-0.3, -0.25) is 9.48 Å². The number of anilines is 1. The zero-order valence-electron chi connectivity index (χ0n) is 12.6. The number of benzene rings is 1. The van der Waals surface area contributed by atoms with Crippen LogP contribution in [0.15, 0.2) is 48.1 Å². The highest BCUT2D eigenvalue weighted by atomic mass is 35.5. The first-order valence-corrected chi connectivity index (χ1v) is 8.55. The Kier molecular flexibility index (Phi) is 4.79. The molecule has 0 radical (unpaired) electrons. The molecule has 0 unspecified atom stereocenters. The molecule has 1 amide bonds. The first-order chi connectivity index (χ1) is 11.1. The van der Waals surface area contributed by atoms with Crippen molar-refractivity contribution in [3.05, 3.63) is 69.1 Å². The molecule has 0 aliphatic heterocycles. The van der Waals surface area contributed by atoms with Gasteiger partial charge in [-0.25, -0.2) is 0 Å². The molecule has 3 rings (SSSR count). The molecule has 0 aliphatic carbocycles. The van der Waals surface area contributed by atoms with Crippen LogP contribution in [0.5, 0.6) is 0 Å². The average molecular weight is 346 g/mol. The average Bonchev–Trinajstić information content (AvgIpc) is 3.18. The molecule has 0 saturated carbocycles. The molecule has 6 heteroatoms. The molecule has 1 aromatic carbocycles. The second-order valence-corrected chi connectivity index (χ2v) is 6.53. The highest BCUT2D eigenvalue weighted by molar-refractivity contribution is 7.12. The van der Waals surface area contributed by atoms with Gasteiger partial charge in [0.15, 0.2) is 0 Å². The lowest BCUT2D eigenvalue weighted by Crippen LogP contribution is -2.10. The Balaban J connectivity index is 1.65. The van der Waals surface area contributed by atoms with Crippen LogP contribution >= 0.6 is 22.9 Å². The fourth-order valence-corrected chi connectivity index (χ4v) is 3.16. The van der Waals surface area contributed by atoms with Gasteiger partial charge in [-0.1, -0.05) is 30.7 Å². The van der Waals surface area contributed by atoms with Gasteiger partial charge in [0, 0.05) is 11.9 Å². The number of hydrogen-bond donors (Lipinski definition) is 1. The Bertz CT molecular complexity index is 807. The summed E-state index contributed by atoms with van der Waals surface area (Å²) in [5, 5.41) is 9.63. The van der Waals surface area contributed by atoms with Crippen molar-refractivity contribution in [3.8, 4) is 0 Å². The third-order valence-corrected chi connectivity index (χ3v) is 4.62. The molecule has 0 fully saturated rings. The molecule has 2 aromatic heterocycles. The fourth-order valence-electron chi connectivity index (χ4n) is 2.21. The molecule has 0 spiro atoms. The summed E-state index contributed by atoms with van der Waals surface area (Å²) in [6, 6.07) is 9.79. The van der Waals surface area contributed by atoms with Crippen LogP contribution in [0.4, 0.5) is 5.69 Å². The van der Waals surface area contributed by atoms with Crippen LogP contribution in [0, 0.1) is 0 Å². The highest BCUT2D eigenvalue weighted by Gasteiger charge is 2.10. The minimum Gasteiger partial charge on any atom is -0.321 e. The van der Waals surface area contributed by atoms with E-state index in [9.17, 15) is 4.79 Å². The predicted octanol–water partition coefficient (Wildman–Crippen LogP) is 4.46. The normalized spacial score (nSPS) is 10.7. The zero-order valence-corrected chi connectivity index (χ0v) is 14.2. The van der Waals surface area contributed by atoms with E-state index in [4.69, 9.17) is 11.6 Å². The Morgan fingerprint density at radius 1 is 1.30 bits per heavy atom. The number of hydrogen-bond acceptors (Lipinski definition) is 3. The molecule has 0 bridgehead atoms. The van der Waals surface area contributed by atoms with Crippen LogP contribution in [0.3, 0.4) is 0 Å². The summed E-state index contributed by atoms with van der Waals surface area (Å²) in [4.78, 5) is 13.0. The number of aromatic nitrogens is 2. The molecule has 0 atom stereocenters. The van der Waals surface area contributed by atoms with Gasteiger partial charge >= 0.3 is 0 Å². The summed E-state index contributed by atoms with van der Waals surface area (Å²) in [6.45, 7) is 2.70. The standard InChI is InChI=1S/C17H16ClN3OS/c1-2-12-3-5-15(6-4-12)20-17(22)16-7-13(11-23-16)9-21-10-14(18)8-19-21/h3-8,10-11H,2,9H2,1H3,(H,20,22). The third-order valence-electron chi connectivity index (χ3n) is 3.44. The summed E-state index contributed by atoms with van der Waals surface area (Å²) < 4.78 is 1.75. The lowest BCUT2D eigenvalue weighted by Gasteiger charge is -2.04. The number of nitrogens with one attached hydrogen (secondary N) is 1. The van der Waals surface area contributed by atoms with Gasteiger partial charge in [-0.2, -0.15) is 5.10 Å². The third kappa shape index (κ3) is 4.00. The number of aryl methyl sites for hydroxylation is 1. The van der Waals surface area contributed by atoms with E-state index >= 15 is 0 Å². The quantitative estimate of drug-likeness (QED) is 0.742. The molecule has 0 saturated heterocycles. The van der Waals surface area contributed by atoms with Gasteiger partial charge in [-0.05, 0) is 41.1 Å². The fraction of sp³-hybridized carbons (Fsp3) is 0.176. The van der Waals surface area contributed by atoms with Crippen molar-refractivity contribution in [1.82, 2.24) is 9.78 Å². The molecular formula is C17H16ClN3OS. The molecule has 1 N–H and O–H groups in total. The van der Waals surface area contributed by atoms with Crippen LogP contribution in [0.1, 0.15) is 27.7 Å². The first kappa shape index (κ1) is 15.8. The Morgan fingerprint density at radius 3 is 2.74 bits per heavy atom. The van der Waals surface area contributed by atoms with E-state index in [0.717, 1.165) is 17.7 Å². The predicted molar refractivity (Wildman–Crippen MR) is 94.4 cm³/mol. The van der Waals surface area contributed by atoms with Gasteiger partial charge in [0.2, 0.25) is 0 Å². The van der Waals surface area contributed by atoms with Crippen molar-refractivity contribution >= 4 is 34.5 Å². The smallest absolute Gasteiger partial charge is 0.265 e. The Morgan fingerprint density at radius 2 is 2.09 bits per heavy atom. The number of carbonyl (C=O) groups is 1. The van der Waals surface area contributed by atoms with Crippen molar-refractivity contribution in [3.63, 3.8) is 0 Å². The minimum absolute atomic E-state index is 0.0935. The second-order valence-electron chi connectivity index (χ2n) is 5.18. The summed E-state index contributed by atoms with van der Waals surface area (Å²) in [7, 11) is 0. The van der Waals surface area contributed by atoms with Crippen molar-refractivity contribution in [2.45, 2.75) is 19.9 Å². The summed E-state index contributed by atoms with van der Waals surface area (Å²) in [5.74, 6) is -0.0935. The van der Waals surface area contributed by atoms with E-state index in [0.29, 0.717) is 16.4 Å². The molecule has 4 nitrogen and oxygen atoms in total. The number of halogens is 1. The van der Waals surface area contributed by atoms with Crippen molar-refractivity contribution in [2.24, 2.45) is 0 Å².